The standard InChI is InChI=1S/C17H20N2OS/c1-4-12(3)19-16(15-11(2)9-10-21-15)18-14-8-6-5-7-13(14)17(19)20/h5-10,12,16,18H,4H2,1-3H3. The molecule has 0 saturated carbocycles. The average Bonchev–Trinajstić information content (AvgIpc) is 2.92. The summed E-state index contributed by atoms with van der Waals surface area (Å²) in [6.45, 7) is 6.34. The number of rotatable bonds is 3. The maximum atomic E-state index is 12.9. The number of nitrogens with one attached hydrogen (secondary N) is 1. The summed E-state index contributed by atoms with van der Waals surface area (Å²) in [5.41, 5.74) is 2.93. The van der Waals surface area contributed by atoms with Crippen molar-refractivity contribution in [3.8, 4) is 0 Å². The third-order valence-electron chi connectivity index (χ3n) is 4.18. The average molecular weight is 300 g/mol. The molecule has 0 aliphatic carbocycles. The van der Waals surface area contributed by atoms with Crippen molar-refractivity contribution in [1.29, 1.82) is 0 Å². The zero-order chi connectivity index (χ0) is 15.0. The van der Waals surface area contributed by atoms with Gasteiger partial charge in [0.25, 0.3) is 5.91 Å². The molecule has 1 aromatic heterocycles. The molecule has 1 N–H and O–H groups in total. The summed E-state index contributed by atoms with van der Waals surface area (Å²) in [5, 5.41) is 5.64. The van der Waals surface area contributed by atoms with Crippen LogP contribution in [-0.4, -0.2) is 16.8 Å². The van der Waals surface area contributed by atoms with Gasteiger partial charge in [-0.05, 0) is 49.4 Å². The molecule has 2 aromatic rings. The number of anilines is 1. The van der Waals surface area contributed by atoms with Crippen LogP contribution in [-0.2, 0) is 0 Å². The van der Waals surface area contributed by atoms with Gasteiger partial charge in [-0.2, -0.15) is 0 Å². The molecule has 0 radical (unpaired) electrons. The van der Waals surface area contributed by atoms with Crippen LogP contribution < -0.4 is 5.32 Å². The first kappa shape index (κ1) is 14.1. The van der Waals surface area contributed by atoms with E-state index in [1.165, 1.54) is 10.4 Å². The van der Waals surface area contributed by atoms with Crippen molar-refractivity contribution in [2.75, 3.05) is 5.32 Å². The number of amides is 1. The van der Waals surface area contributed by atoms with Gasteiger partial charge in [0.1, 0.15) is 6.17 Å². The van der Waals surface area contributed by atoms with Crippen LogP contribution in [0.5, 0.6) is 0 Å². The van der Waals surface area contributed by atoms with E-state index in [1.807, 2.05) is 29.2 Å². The Kier molecular flexibility index (Phi) is 3.72. The minimum absolute atomic E-state index is 0.0673. The second-order valence-corrected chi connectivity index (χ2v) is 6.48. The summed E-state index contributed by atoms with van der Waals surface area (Å²) in [7, 11) is 0. The Morgan fingerprint density at radius 3 is 2.76 bits per heavy atom. The highest BCUT2D eigenvalue weighted by molar-refractivity contribution is 7.10. The van der Waals surface area contributed by atoms with Gasteiger partial charge in [0.2, 0.25) is 0 Å². The Labute approximate surface area is 129 Å². The highest BCUT2D eigenvalue weighted by atomic mass is 32.1. The lowest BCUT2D eigenvalue weighted by Crippen LogP contribution is -2.47. The number of carbonyl (C=O) groups is 1. The van der Waals surface area contributed by atoms with Gasteiger partial charge in [0.15, 0.2) is 0 Å². The lowest BCUT2D eigenvalue weighted by atomic mass is 10.0. The maximum absolute atomic E-state index is 12.9. The minimum atomic E-state index is -0.0673. The highest BCUT2D eigenvalue weighted by Gasteiger charge is 2.36. The third-order valence-corrected chi connectivity index (χ3v) is 5.25. The molecule has 0 spiro atoms. The number of thiophene rings is 1. The van der Waals surface area contributed by atoms with Crippen molar-refractivity contribution in [2.24, 2.45) is 0 Å². The molecule has 0 bridgehead atoms. The molecule has 1 aliphatic heterocycles. The van der Waals surface area contributed by atoms with E-state index in [0.717, 1.165) is 17.7 Å². The second-order valence-electron chi connectivity index (χ2n) is 5.53. The number of nitrogens with zero attached hydrogens (tertiary/aromatic N) is 1. The van der Waals surface area contributed by atoms with Gasteiger partial charge in [0, 0.05) is 11.7 Å². The fourth-order valence-corrected chi connectivity index (χ4v) is 3.75. The maximum Gasteiger partial charge on any atom is 0.258 e. The third kappa shape index (κ3) is 2.33. The van der Waals surface area contributed by atoms with E-state index < -0.39 is 0 Å². The van der Waals surface area contributed by atoms with Crippen LogP contribution in [0.1, 0.15) is 47.2 Å². The van der Waals surface area contributed by atoms with Crippen LogP contribution in [0.15, 0.2) is 35.7 Å². The zero-order valence-corrected chi connectivity index (χ0v) is 13.4. The van der Waals surface area contributed by atoms with E-state index in [2.05, 4.69) is 37.5 Å². The SMILES string of the molecule is CCC(C)N1C(=O)c2ccccc2NC1c1sccc1C. The van der Waals surface area contributed by atoms with Crippen LogP contribution in [0, 0.1) is 6.92 Å². The van der Waals surface area contributed by atoms with Crippen molar-refractivity contribution in [1.82, 2.24) is 4.90 Å². The highest BCUT2D eigenvalue weighted by Crippen LogP contribution is 2.37. The van der Waals surface area contributed by atoms with Gasteiger partial charge >= 0.3 is 0 Å². The molecular weight excluding hydrogens is 280 g/mol. The molecular formula is C17H20N2OS. The number of hydrogen-bond acceptors (Lipinski definition) is 3. The van der Waals surface area contributed by atoms with Crippen LogP contribution in [0.4, 0.5) is 5.69 Å². The van der Waals surface area contributed by atoms with E-state index in [-0.39, 0.29) is 18.1 Å². The number of para-hydroxylation sites is 1. The van der Waals surface area contributed by atoms with Crippen LogP contribution in [0.3, 0.4) is 0 Å². The fraction of sp³-hybridized carbons (Fsp3) is 0.353. The first-order chi connectivity index (χ1) is 10.1. The molecule has 110 valence electrons. The number of fused-ring (bicyclic) bond motifs is 1. The largest absolute Gasteiger partial charge is 0.360 e. The fourth-order valence-electron chi connectivity index (χ4n) is 2.78. The number of benzene rings is 1. The predicted molar refractivity (Wildman–Crippen MR) is 87.8 cm³/mol. The lowest BCUT2D eigenvalue weighted by Gasteiger charge is -2.41. The van der Waals surface area contributed by atoms with Crippen LogP contribution in [0.2, 0.25) is 0 Å². The molecule has 0 fully saturated rings. The van der Waals surface area contributed by atoms with Gasteiger partial charge in [-0.25, -0.2) is 0 Å². The number of hydrogen-bond donors (Lipinski definition) is 1. The van der Waals surface area contributed by atoms with Gasteiger partial charge in [0.05, 0.1) is 10.4 Å². The molecule has 21 heavy (non-hydrogen) atoms. The van der Waals surface area contributed by atoms with Gasteiger partial charge < -0.3 is 10.2 Å². The monoisotopic (exact) mass is 300 g/mol. The van der Waals surface area contributed by atoms with Gasteiger partial charge in [-0.15, -0.1) is 11.3 Å². The molecule has 3 nitrogen and oxygen atoms in total. The first-order valence-corrected chi connectivity index (χ1v) is 8.23. The summed E-state index contributed by atoms with van der Waals surface area (Å²) < 4.78 is 0. The smallest absolute Gasteiger partial charge is 0.258 e. The Bertz CT molecular complexity index is 664. The van der Waals surface area contributed by atoms with E-state index in [4.69, 9.17) is 0 Å². The zero-order valence-electron chi connectivity index (χ0n) is 12.6. The molecule has 1 amide bonds. The van der Waals surface area contributed by atoms with Crippen LogP contribution >= 0.6 is 11.3 Å². The topological polar surface area (TPSA) is 32.3 Å². The molecule has 2 atom stereocenters. The minimum Gasteiger partial charge on any atom is -0.360 e. The Morgan fingerprint density at radius 1 is 1.33 bits per heavy atom. The molecule has 1 aliphatic rings. The molecule has 1 aromatic carbocycles. The van der Waals surface area contributed by atoms with Gasteiger partial charge in [-0.1, -0.05) is 19.1 Å². The molecule has 3 rings (SSSR count). The normalized spacial score (nSPS) is 19.1. The number of carbonyl (C=O) groups excluding carboxylic acids is 1. The quantitative estimate of drug-likeness (QED) is 0.910. The second kappa shape index (κ2) is 5.53. The number of aryl methyl sites for hydroxylation is 1. The van der Waals surface area contributed by atoms with Crippen molar-refractivity contribution in [3.63, 3.8) is 0 Å². The van der Waals surface area contributed by atoms with Gasteiger partial charge in [-0.3, -0.25) is 4.79 Å². The Balaban J connectivity index is 2.10. The summed E-state index contributed by atoms with van der Waals surface area (Å²) in [4.78, 5) is 16.1. The van der Waals surface area contributed by atoms with Crippen molar-refractivity contribution in [3.05, 3.63) is 51.7 Å². The molecule has 2 unspecified atom stereocenters. The predicted octanol–water partition coefficient (Wildman–Crippen LogP) is 4.42. The summed E-state index contributed by atoms with van der Waals surface area (Å²) >= 11 is 1.71. The van der Waals surface area contributed by atoms with E-state index in [1.54, 1.807) is 11.3 Å². The summed E-state index contributed by atoms with van der Waals surface area (Å²) in [6, 6.07) is 10.1. The van der Waals surface area contributed by atoms with Crippen LogP contribution in [0.25, 0.3) is 0 Å². The van der Waals surface area contributed by atoms with E-state index in [9.17, 15) is 4.79 Å². The van der Waals surface area contributed by atoms with E-state index in [0.29, 0.717) is 0 Å². The van der Waals surface area contributed by atoms with E-state index >= 15 is 0 Å². The lowest BCUT2D eigenvalue weighted by molar-refractivity contribution is 0.0597. The summed E-state index contributed by atoms with van der Waals surface area (Å²) in [5.74, 6) is 0.122. The molecule has 4 heteroatoms. The van der Waals surface area contributed by atoms with Crippen molar-refractivity contribution < 1.29 is 4.79 Å². The molecule has 2 heterocycles. The van der Waals surface area contributed by atoms with Crippen molar-refractivity contribution in [2.45, 2.75) is 39.4 Å². The molecule has 0 saturated heterocycles. The first-order valence-electron chi connectivity index (χ1n) is 7.35. The summed E-state index contributed by atoms with van der Waals surface area (Å²) in [6.07, 6.45) is 0.874. The van der Waals surface area contributed by atoms with Crippen molar-refractivity contribution >= 4 is 22.9 Å². The Hall–Kier alpha value is -1.81. The Morgan fingerprint density at radius 2 is 2.10 bits per heavy atom.